The summed E-state index contributed by atoms with van der Waals surface area (Å²) in [4.78, 5) is 30.2. The molecule has 0 aliphatic carbocycles. The molecule has 3 heterocycles. The molecule has 1 N–H and O–H groups in total. The Labute approximate surface area is 173 Å². The van der Waals surface area contributed by atoms with Crippen molar-refractivity contribution in [3.8, 4) is 11.5 Å². The number of nitrogens with zero attached hydrogens (tertiary/aromatic N) is 2. The number of para-hydroxylation sites is 1. The number of carbonyl (C=O) groups is 2. The van der Waals surface area contributed by atoms with E-state index >= 15 is 0 Å². The van der Waals surface area contributed by atoms with Crippen LogP contribution in [0.25, 0.3) is 0 Å². The predicted molar refractivity (Wildman–Crippen MR) is 108 cm³/mol. The summed E-state index contributed by atoms with van der Waals surface area (Å²) in [5.41, 5.74) is 1.10. The van der Waals surface area contributed by atoms with E-state index in [9.17, 15) is 14.0 Å². The second-order valence-electron chi connectivity index (χ2n) is 7.75. The van der Waals surface area contributed by atoms with Crippen molar-refractivity contribution in [1.82, 2.24) is 0 Å². The third-order valence-electron chi connectivity index (χ3n) is 6.02. The number of piperazine rings is 1. The van der Waals surface area contributed by atoms with Crippen molar-refractivity contribution >= 4 is 23.2 Å². The second kappa shape index (κ2) is 7.60. The van der Waals surface area contributed by atoms with Gasteiger partial charge in [0.15, 0.2) is 17.5 Å². The van der Waals surface area contributed by atoms with E-state index in [2.05, 4.69) is 0 Å². The Morgan fingerprint density at radius 1 is 0.967 bits per heavy atom. The topological polar surface area (TPSA) is 63.5 Å². The minimum atomic E-state index is -0.409. The molecule has 0 aromatic heterocycles. The van der Waals surface area contributed by atoms with Gasteiger partial charge in [-0.05, 0) is 24.3 Å². The quantitative estimate of drug-likeness (QED) is 0.750. The largest absolute Gasteiger partial charge is 0.486 e. The molecule has 0 radical (unpaired) electrons. The van der Waals surface area contributed by atoms with Crippen LogP contribution >= 0.6 is 0 Å². The highest BCUT2D eigenvalue weighted by Gasteiger charge is 2.46. The molecule has 8 heteroatoms. The summed E-state index contributed by atoms with van der Waals surface area (Å²) in [6.45, 7) is 3.55. The maximum absolute atomic E-state index is 14.1. The van der Waals surface area contributed by atoms with Crippen LogP contribution in [0.3, 0.4) is 0 Å². The lowest BCUT2D eigenvalue weighted by atomic mass is 10.1. The average Bonchev–Trinajstić information content (AvgIpc) is 3.08. The van der Waals surface area contributed by atoms with Crippen molar-refractivity contribution in [1.29, 1.82) is 0 Å². The summed E-state index contributed by atoms with van der Waals surface area (Å²) in [7, 11) is 0. The molecule has 0 unspecified atom stereocenters. The normalized spacial score (nSPS) is 22.0. The standard InChI is InChI=1S/C22H22FN3O4/c23-16-3-1-2-4-17(16)24-7-9-25(10-8-24)18-14-21(27)26(22(18)28)15-5-6-19-20(13-15)30-12-11-29-19/h1-6,13,18H,7-12,14H2/p+1/t18-/m1/s1. The molecule has 2 amide bonds. The highest BCUT2D eigenvalue weighted by molar-refractivity contribution is 6.22. The molecule has 3 aliphatic heterocycles. The number of anilines is 2. The van der Waals surface area contributed by atoms with Gasteiger partial charge in [0, 0.05) is 6.07 Å². The Kier molecular flexibility index (Phi) is 4.78. The van der Waals surface area contributed by atoms with Crippen LogP contribution in [0.1, 0.15) is 6.42 Å². The van der Waals surface area contributed by atoms with E-state index in [1.807, 2.05) is 11.0 Å². The summed E-state index contributed by atoms with van der Waals surface area (Å²) in [6, 6.07) is 11.5. The summed E-state index contributed by atoms with van der Waals surface area (Å²) >= 11 is 0. The van der Waals surface area contributed by atoms with Crippen LogP contribution in [0.4, 0.5) is 15.8 Å². The number of hydrogen-bond donors (Lipinski definition) is 1. The summed E-state index contributed by atoms with van der Waals surface area (Å²) in [5.74, 6) is 0.541. The number of halogens is 1. The minimum absolute atomic E-state index is 0.183. The van der Waals surface area contributed by atoms with Crippen molar-refractivity contribution in [3.05, 3.63) is 48.3 Å². The molecule has 3 aliphatic rings. The SMILES string of the molecule is O=C1C[C@@H]([NH+]2CCN(c3ccccc3F)CC2)C(=O)N1c1ccc2c(c1)OCCO2. The van der Waals surface area contributed by atoms with Gasteiger partial charge in [-0.25, -0.2) is 9.29 Å². The van der Waals surface area contributed by atoms with Crippen LogP contribution in [-0.4, -0.2) is 57.2 Å². The third-order valence-corrected chi connectivity index (χ3v) is 6.02. The highest BCUT2D eigenvalue weighted by atomic mass is 19.1. The van der Waals surface area contributed by atoms with E-state index in [-0.39, 0.29) is 24.1 Å². The lowest BCUT2D eigenvalue weighted by molar-refractivity contribution is -0.915. The lowest BCUT2D eigenvalue weighted by Crippen LogP contribution is -3.19. The molecule has 2 aromatic carbocycles. The Hall–Kier alpha value is -3.13. The van der Waals surface area contributed by atoms with Gasteiger partial charge in [0.05, 0.1) is 44.0 Å². The monoisotopic (exact) mass is 412 g/mol. The van der Waals surface area contributed by atoms with Gasteiger partial charge in [0.25, 0.3) is 5.91 Å². The Morgan fingerprint density at radius 3 is 2.47 bits per heavy atom. The van der Waals surface area contributed by atoms with E-state index in [1.165, 1.54) is 11.0 Å². The van der Waals surface area contributed by atoms with E-state index in [0.717, 1.165) is 4.90 Å². The molecule has 1 atom stereocenters. The fraction of sp³-hybridized carbons (Fsp3) is 0.364. The maximum Gasteiger partial charge on any atom is 0.292 e. The average molecular weight is 412 g/mol. The van der Waals surface area contributed by atoms with Crippen molar-refractivity contribution < 1.29 is 28.4 Å². The molecular weight excluding hydrogens is 389 g/mol. The number of ether oxygens (including phenoxy) is 2. The number of carbonyl (C=O) groups excluding carboxylic acids is 2. The molecule has 0 bridgehead atoms. The van der Waals surface area contributed by atoms with Crippen molar-refractivity contribution in [2.24, 2.45) is 0 Å². The van der Waals surface area contributed by atoms with Crippen molar-refractivity contribution in [2.75, 3.05) is 49.2 Å². The zero-order valence-corrected chi connectivity index (χ0v) is 16.5. The molecule has 2 aromatic rings. The number of imide groups is 1. The van der Waals surface area contributed by atoms with Crippen LogP contribution in [0.2, 0.25) is 0 Å². The molecule has 7 nitrogen and oxygen atoms in total. The number of hydrogen-bond acceptors (Lipinski definition) is 5. The first-order valence-electron chi connectivity index (χ1n) is 10.2. The van der Waals surface area contributed by atoms with E-state index < -0.39 is 6.04 Å². The molecule has 2 saturated heterocycles. The summed E-state index contributed by atoms with van der Waals surface area (Å²) in [5, 5.41) is 0. The van der Waals surface area contributed by atoms with E-state index in [4.69, 9.17) is 9.47 Å². The van der Waals surface area contributed by atoms with Gasteiger partial charge in [-0.15, -0.1) is 0 Å². The number of benzene rings is 2. The number of amides is 2. The van der Waals surface area contributed by atoms with Gasteiger partial charge in [-0.3, -0.25) is 9.59 Å². The summed E-state index contributed by atoms with van der Waals surface area (Å²) < 4.78 is 25.2. The molecule has 0 spiro atoms. The van der Waals surface area contributed by atoms with Gasteiger partial charge >= 0.3 is 0 Å². The van der Waals surface area contributed by atoms with Crippen LogP contribution in [0, 0.1) is 5.82 Å². The van der Waals surface area contributed by atoms with Gasteiger partial charge in [-0.2, -0.15) is 0 Å². The number of quaternary nitrogens is 1. The third kappa shape index (κ3) is 3.27. The highest BCUT2D eigenvalue weighted by Crippen LogP contribution is 2.35. The second-order valence-corrected chi connectivity index (χ2v) is 7.75. The number of nitrogens with one attached hydrogen (secondary N) is 1. The van der Waals surface area contributed by atoms with Gasteiger partial charge in [0.2, 0.25) is 5.91 Å². The molecule has 156 valence electrons. The van der Waals surface area contributed by atoms with Crippen molar-refractivity contribution in [2.45, 2.75) is 12.5 Å². The molecule has 5 rings (SSSR count). The van der Waals surface area contributed by atoms with Gasteiger partial charge < -0.3 is 19.3 Å². The molecular formula is C22H23FN3O4+. The predicted octanol–water partition coefficient (Wildman–Crippen LogP) is 0.634. The van der Waals surface area contributed by atoms with Crippen LogP contribution in [0.15, 0.2) is 42.5 Å². The Balaban J connectivity index is 1.29. The first kappa shape index (κ1) is 18.9. The molecule has 2 fully saturated rings. The maximum atomic E-state index is 14.1. The van der Waals surface area contributed by atoms with E-state index in [0.29, 0.717) is 62.3 Å². The summed E-state index contributed by atoms with van der Waals surface area (Å²) in [6.07, 6.45) is 0.183. The van der Waals surface area contributed by atoms with Gasteiger partial charge in [-0.1, -0.05) is 12.1 Å². The Bertz CT molecular complexity index is 990. The molecule has 0 saturated carbocycles. The first-order valence-corrected chi connectivity index (χ1v) is 10.2. The lowest BCUT2D eigenvalue weighted by Gasteiger charge is -2.35. The van der Waals surface area contributed by atoms with E-state index in [1.54, 1.807) is 30.3 Å². The first-order chi connectivity index (χ1) is 14.6. The number of fused-ring (bicyclic) bond motifs is 1. The van der Waals surface area contributed by atoms with Gasteiger partial charge in [0.1, 0.15) is 19.0 Å². The zero-order chi connectivity index (χ0) is 20.7. The van der Waals surface area contributed by atoms with Crippen LogP contribution in [0.5, 0.6) is 11.5 Å². The minimum Gasteiger partial charge on any atom is -0.486 e. The van der Waals surface area contributed by atoms with Crippen LogP contribution < -0.4 is 24.2 Å². The van der Waals surface area contributed by atoms with Crippen LogP contribution in [-0.2, 0) is 9.59 Å². The fourth-order valence-electron chi connectivity index (χ4n) is 4.48. The zero-order valence-electron chi connectivity index (χ0n) is 16.5. The Morgan fingerprint density at radius 2 is 1.70 bits per heavy atom. The number of rotatable bonds is 3. The fourth-order valence-corrected chi connectivity index (χ4v) is 4.48. The van der Waals surface area contributed by atoms with Crippen molar-refractivity contribution in [3.63, 3.8) is 0 Å². The molecule has 30 heavy (non-hydrogen) atoms. The smallest absolute Gasteiger partial charge is 0.292 e.